The van der Waals surface area contributed by atoms with Gasteiger partial charge < -0.3 is 15.2 Å². The van der Waals surface area contributed by atoms with Crippen LogP contribution in [0.25, 0.3) is 0 Å². The van der Waals surface area contributed by atoms with E-state index in [0.29, 0.717) is 13.1 Å². The van der Waals surface area contributed by atoms with Gasteiger partial charge >= 0.3 is 5.69 Å². The number of nitrogens with one attached hydrogen (secondary N) is 3. The molecule has 88 valence electrons. The first-order valence-electron chi connectivity index (χ1n) is 4.78. The fourth-order valence-corrected chi connectivity index (χ4v) is 1.16. The van der Waals surface area contributed by atoms with E-state index in [4.69, 9.17) is 0 Å². The van der Waals surface area contributed by atoms with E-state index in [1.165, 1.54) is 4.90 Å². The molecule has 0 aliphatic heterocycles. The van der Waals surface area contributed by atoms with Crippen LogP contribution in [0.4, 0.5) is 0 Å². The molecule has 7 nitrogen and oxygen atoms in total. The van der Waals surface area contributed by atoms with Crippen LogP contribution in [-0.4, -0.2) is 48.0 Å². The van der Waals surface area contributed by atoms with Crippen LogP contribution in [0.5, 0.6) is 0 Å². The van der Waals surface area contributed by atoms with E-state index in [-0.39, 0.29) is 5.56 Å². The molecular weight excluding hydrogens is 212 g/mol. The van der Waals surface area contributed by atoms with Gasteiger partial charge in [0.15, 0.2) is 0 Å². The summed E-state index contributed by atoms with van der Waals surface area (Å²) < 4.78 is 0. The van der Waals surface area contributed by atoms with Gasteiger partial charge in [0.25, 0.3) is 11.5 Å². The average molecular weight is 226 g/mol. The second kappa shape index (κ2) is 5.26. The standard InChI is InChI=1S/C9H14N4O3/c1-10-3-4-13(2)8(15)6-5-11-9(16)12-7(6)14/h5,10H,3-4H2,1-2H3,(H2,11,12,14,16). The van der Waals surface area contributed by atoms with E-state index in [1.807, 2.05) is 4.98 Å². The third kappa shape index (κ3) is 2.80. The molecule has 0 radical (unpaired) electrons. The normalized spacial score (nSPS) is 10.1. The van der Waals surface area contributed by atoms with E-state index in [1.54, 1.807) is 14.1 Å². The van der Waals surface area contributed by atoms with E-state index in [2.05, 4.69) is 10.3 Å². The second-order valence-corrected chi connectivity index (χ2v) is 3.32. The number of carbonyl (C=O) groups excluding carboxylic acids is 1. The highest BCUT2D eigenvalue weighted by Gasteiger charge is 2.14. The van der Waals surface area contributed by atoms with Gasteiger partial charge in [0.05, 0.1) is 0 Å². The van der Waals surface area contributed by atoms with E-state index < -0.39 is 17.2 Å². The van der Waals surface area contributed by atoms with Gasteiger partial charge in [0, 0.05) is 26.3 Å². The molecule has 0 aliphatic rings. The summed E-state index contributed by atoms with van der Waals surface area (Å²) in [5.41, 5.74) is -1.37. The molecular formula is C9H14N4O3. The molecule has 0 unspecified atom stereocenters. The molecule has 1 aromatic heterocycles. The van der Waals surface area contributed by atoms with Crippen molar-refractivity contribution >= 4 is 5.91 Å². The Balaban J connectivity index is 2.88. The highest BCUT2D eigenvalue weighted by atomic mass is 16.2. The summed E-state index contributed by atoms with van der Waals surface area (Å²) in [6.07, 6.45) is 1.12. The summed E-state index contributed by atoms with van der Waals surface area (Å²) in [5.74, 6) is -0.423. The number of amides is 1. The summed E-state index contributed by atoms with van der Waals surface area (Å²) in [4.78, 5) is 39.5. The van der Waals surface area contributed by atoms with Crippen molar-refractivity contribution < 1.29 is 4.79 Å². The molecule has 1 heterocycles. The van der Waals surface area contributed by atoms with Crippen molar-refractivity contribution in [2.45, 2.75) is 0 Å². The zero-order valence-corrected chi connectivity index (χ0v) is 9.16. The van der Waals surface area contributed by atoms with Crippen LogP contribution in [0.2, 0.25) is 0 Å². The molecule has 1 amide bonds. The highest BCUT2D eigenvalue weighted by Crippen LogP contribution is 1.93. The molecule has 7 heteroatoms. The van der Waals surface area contributed by atoms with Gasteiger partial charge in [-0.1, -0.05) is 0 Å². The Kier molecular flexibility index (Phi) is 4.01. The lowest BCUT2D eigenvalue weighted by Gasteiger charge is -2.15. The molecule has 16 heavy (non-hydrogen) atoms. The van der Waals surface area contributed by atoms with Gasteiger partial charge in [-0.05, 0) is 7.05 Å². The van der Waals surface area contributed by atoms with E-state index >= 15 is 0 Å². The first-order valence-corrected chi connectivity index (χ1v) is 4.78. The van der Waals surface area contributed by atoms with Gasteiger partial charge in [-0.15, -0.1) is 0 Å². The number of nitrogens with zero attached hydrogens (tertiary/aromatic N) is 1. The third-order valence-corrected chi connectivity index (χ3v) is 2.09. The quantitative estimate of drug-likeness (QED) is 0.573. The van der Waals surface area contributed by atoms with E-state index in [9.17, 15) is 14.4 Å². The minimum Gasteiger partial charge on any atom is -0.340 e. The molecule has 0 saturated heterocycles. The lowest BCUT2D eigenvalue weighted by Crippen LogP contribution is -2.37. The number of hydrogen-bond acceptors (Lipinski definition) is 4. The summed E-state index contributed by atoms with van der Waals surface area (Å²) >= 11 is 0. The fourth-order valence-electron chi connectivity index (χ4n) is 1.16. The summed E-state index contributed by atoms with van der Waals surface area (Å²) in [6, 6.07) is 0. The molecule has 1 rings (SSSR count). The number of likely N-dealkylation sites (N-methyl/N-ethyl adjacent to an activating group) is 2. The Morgan fingerprint density at radius 3 is 2.75 bits per heavy atom. The molecule has 0 fully saturated rings. The average Bonchev–Trinajstić information content (AvgIpc) is 2.25. The van der Waals surface area contributed by atoms with E-state index in [0.717, 1.165) is 6.20 Å². The molecule has 0 spiro atoms. The number of H-pyrrole nitrogens is 2. The molecule has 0 aliphatic carbocycles. The topological polar surface area (TPSA) is 98.1 Å². The van der Waals surface area contributed by atoms with Crippen LogP contribution >= 0.6 is 0 Å². The van der Waals surface area contributed by atoms with Crippen molar-refractivity contribution in [3.63, 3.8) is 0 Å². The fraction of sp³-hybridized carbons (Fsp3) is 0.444. The van der Waals surface area contributed by atoms with Crippen molar-refractivity contribution in [1.82, 2.24) is 20.2 Å². The first kappa shape index (κ1) is 12.2. The van der Waals surface area contributed by atoms with Crippen molar-refractivity contribution in [3.8, 4) is 0 Å². The van der Waals surface area contributed by atoms with Crippen molar-refractivity contribution in [2.75, 3.05) is 27.2 Å². The highest BCUT2D eigenvalue weighted by molar-refractivity contribution is 5.93. The lowest BCUT2D eigenvalue weighted by molar-refractivity contribution is 0.0794. The Morgan fingerprint density at radius 1 is 1.50 bits per heavy atom. The second-order valence-electron chi connectivity index (χ2n) is 3.32. The van der Waals surface area contributed by atoms with Crippen LogP contribution < -0.4 is 16.6 Å². The molecule has 1 aromatic rings. The predicted molar refractivity (Wildman–Crippen MR) is 58.6 cm³/mol. The zero-order valence-electron chi connectivity index (χ0n) is 9.16. The van der Waals surface area contributed by atoms with Gasteiger partial charge in [0.2, 0.25) is 0 Å². The molecule has 3 N–H and O–H groups in total. The number of aromatic nitrogens is 2. The first-order chi connectivity index (χ1) is 7.56. The lowest BCUT2D eigenvalue weighted by atomic mass is 10.3. The third-order valence-electron chi connectivity index (χ3n) is 2.09. The Morgan fingerprint density at radius 2 is 2.19 bits per heavy atom. The molecule has 0 aromatic carbocycles. The largest absolute Gasteiger partial charge is 0.340 e. The maximum Gasteiger partial charge on any atom is 0.325 e. The van der Waals surface area contributed by atoms with Gasteiger partial charge in [-0.3, -0.25) is 14.6 Å². The molecule has 0 atom stereocenters. The molecule has 0 saturated carbocycles. The number of carbonyl (C=O) groups is 1. The van der Waals surface area contributed by atoms with Crippen molar-refractivity contribution in [3.05, 3.63) is 32.6 Å². The Labute approximate surface area is 91.5 Å². The number of rotatable bonds is 4. The van der Waals surface area contributed by atoms with Crippen molar-refractivity contribution in [1.29, 1.82) is 0 Å². The summed E-state index contributed by atoms with van der Waals surface area (Å²) in [6.45, 7) is 1.11. The van der Waals surface area contributed by atoms with Crippen molar-refractivity contribution in [2.24, 2.45) is 0 Å². The Bertz CT molecular complexity index is 476. The Hall–Kier alpha value is -1.89. The van der Waals surface area contributed by atoms with Gasteiger partial charge in [-0.25, -0.2) is 4.79 Å². The molecule has 0 bridgehead atoms. The van der Waals surface area contributed by atoms with Crippen LogP contribution in [0.3, 0.4) is 0 Å². The minimum atomic E-state index is -0.676. The minimum absolute atomic E-state index is 0.0711. The SMILES string of the molecule is CNCCN(C)C(=O)c1c[nH]c(=O)[nH]c1=O. The van der Waals surface area contributed by atoms with Gasteiger partial charge in [-0.2, -0.15) is 0 Å². The maximum atomic E-state index is 11.7. The van der Waals surface area contributed by atoms with Crippen LogP contribution in [-0.2, 0) is 0 Å². The monoisotopic (exact) mass is 226 g/mol. The zero-order chi connectivity index (χ0) is 12.1. The maximum absolute atomic E-state index is 11.7. The van der Waals surface area contributed by atoms with Crippen LogP contribution in [0.1, 0.15) is 10.4 Å². The smallest absolute Gasteiger partial charge is 0.325 e. The summed E-state index contributed by atoms with van der Waals surface area (Å²) in [5, 5.41) is 2.89. The number of aromatic amines is 2. The predicted octanol–water partition coefficient (Wildman–Crippen LogP) is -1.65. The van der Waals surface area contributed by atoms with Crippen LogP contribution in [0, 0.1) is 0 Å². The van der Waals surface area contributed by atoms with Crippen LogP contribution in [0.15, 0.2) is 15.8 Å². The van der Waals surface area contributed by atoms with Gasteiger partial charge in [0.1, 0.15) is 5.56 Å². The number of hydrogen-bond donors (Lipinski definition) is 3. The summed E-state index contributed by atoms with van der Waals surface area (Å²) in [7, 11) is 3.36.